The van der Waals surface area contributed by atoms with Crippen LogP contribution in [0.3, 0.4) is 0 Å². The number of ether oxygens (including phenoxy) is 2. The van der Waals surface area contributed by atoms with Crippen LogP contribution in [0, 0.1) is 0 Å². The van der Waals surface area contributed by atoms with Crippen LogP contribution in [0.4, 0.5) is 0 Å². The van der Waals surface area contributed by atoms with Crippen molar-refractivity contribution in [2.24, 2.45) is 0 Å². The first kappa shape index (κ1) is 21.1. The molecule has 0 radical (unpaired) electrons. The molecule has 4 nitrogen and oxygen atoms in total. The molecule has 2 aliphatic heterocycles. The highest BCUT2D eigenvalue weighted by Gasteiger charge is 2.27. The van der Waals surface area contributed by atoms with Crippen molar-refractivity contribution < 1.29 is 9.47 Å². The third kappa shape index (κ3) is 5.26. The molecule has 1 fully saturated rings. The van der Waals surface area contributed by atoms with Crippen molar-refractivity contribution >= 4 is 12.4 Å². The molecule has 0 aromatic heterocycles. The zero-order chi connectivity index (χ0) is 18.5. The van der Waals surface area contributed by atoms with Crippen LogP contribution < -0.4 is 10.1 Å². The highest BCUT2D eigenvalue weighted by Crippen LogP contribution is 2.33. The van der Waals surface area contributed by atoms with E-state index < -0.39 is 0 Å². The van der Waals surface area contributed by atoms with Gasteiger partial charge in [0.15, 0.2) is 0 Å². The lowest BCUT2D eigenvalue weighted by atomic mass is 9.88. The van der Waals surface area contributed by atoms with Gasteiger partial charge >= 0.3 is 0 Å². The van der Waals surface area contributed by atoms with Gasteiger partial charge in [0.2, 0.25) is 0 Å². The molecule has 0 aliphatic carbocycles. The minimum atomic E-state index is 0. The number of fused-ring (bicyclic) bond motifs is 1. The van der Waals surface area contributed by atoms with Gasteiger partial charge in [-0.3, -0.25) is 0 Å². The van der Waals surface area contributed by atoms with Gasteiger partial charge in [-0.15, -0.1) is 12.4 Å². The third-order valence-electron chi connectivity index (χ3n) is 5.66. The molecule has 2 heterocycles. The minimum Gasteiger partial charge on any atom is -0.493 e. The molecule has 152 valence electrons. The highest BCUT2D eigenvalue weighted by molar-refractivity contribution is 5.85. The van der Waals surface area contributed by atoms with Gasteiger partial charge in [0.25, 0.3) is 0 Å². The maximum Gasteiger partial charge on any atom is 0.122 e. The molecule has 1 N–H and O–H groups in total. The number of nitrogens with one attached hydrogen (secondary N) is 1. The number of rotatable bonds is 7. The molecule has 2 aromatic rings. The fourth-order valence-electron chi connectivity index (χ4n) is 4.18. The monoisotopic (exact) mass is 402 g/mol. The van der Waals surface area contributed by atoms with Crippen molar-refractivity contribution in [1.82, 2.24) is 10.2 Å². The zero-order valence-corrected chi connectivity index (χ0v) is 17.4. The van der Waals surface area contributed by atoms with E-state index in [0.29, 0.717) is 5.92 Å². The van der Waals surface area contributed by atoms with Gasteiger partial charge in [0.1, 0.15) is 5.75 Å². The van der Waals surface area contributed by atoms with E-state index in [2.05, 4.69) is 65.8 Å². The lowest BCUT2D eigenvalue weighted by molar-refractivity contribution is 0.00763. The number of benzene rings is 2. The fraction of sp³-hybridized carbons (Fsp3) is 0.478. The Morgan fingerprint density at radius 3 is 2.79 bits per heavy atom. The molecule has 4 rings (SSSR count). The second-order valence-corrected chi connectivity index (χ2v) is 7.70. The van der Waals surface area contributed by atoms with Crippen LogP contribution in [0.15, 0.2) is 48.5 Å². The first-order valence-electron chi connectivity index (χ1n) is 10.1. The van der Waals surface area contributed by atoms with Crippen molar-refractivity contribution in [3.63, 3.8) is 0 Å². The minimum absolute atomic E-state index is 0. The summed E-state index contributed by atoms with van der Waals surface area (Å²) < 4.78 is 11.8. The van der Waals surface area contributed by atoms with E-state index in [9.17, 15) is 0 Å². The van der Waals surface area contributed by atoms with Crippen molar-refractivity contribution in [1.29, 1.82) is 0 Å². The van der Waals surface area contributed by atoms with Crippen molar-refractivity contribution in [3.8, 4) is 5.75 Å². The molecule has 5 heteroatoms. The van der Waals surface area contributed by atoms with E-state index in [1.807, 2.05) is 0 Å². The van der Waals surface area contributed by atoms with Gasteiger partial charge in [-0.1, -0.05) is 42.5 Å². The van der Waals surface area contributed by atoms with Crippen molar-refractivity contribution in [2.75, 3.05) is 39.9 Å². The first-order chi connectivity index (χ1) is 13.3. The van der Waals surface area contributed by atoms with Gasteiger partial charge in [0.05, 0.1) is 19.3 Å². The van der Waals surface area contributed by atoms with E-state index in [4.69, 9.17) is 9.47 Å². The van der Waals surface area contributed by atoms with Gasteiger partial charge < -0.3 is 19.7 Å². The Morgan fingerprint density at radius 2 is 2.00 bits per heavy atom. The maximum atomic E-state index is 6.15. The van der Waals surface area contributed by atoms with E-state index in [0.717, 1.165) is 58.0 Å². The summed E-state index contributed by atoms with van der Waals surface area (Å²) in [4.78, 5) is 2.41. The number of nitrogens with zero attached hydrogens (tertiary/aromatic N) is 1. The molecule has 1 saturated heterocycles. The summed E-state index contributed by atoms with van der Waals surface area (Å²) in [7, 11) is 2.21. The predicted octanol–water partition coefficient (Wildman–Crippen LogP) is 3.64. The normalized spacial score (nSPS) is 19.6. The van der Waals surface area contributed by atoms with Crippen LogP contribution in [-0.4, -0.2) is 50.9 Å². The van der Waals surface area contributed by atoms with Crippen LogP contribution in [0.2, 0.25) is 0 Å². The zero-order valence-electron chi connectivity index (χ0n) is 16.6. The molecule has 0 amide bonds. The predicted molar refractivity (Wildman–Crippen MR) is 116 cm³/mol. The Kier molecular flexibility index (Phi) is 7.74. The first-order valence-corrected chi connectivity index (χ1v) is 10.1. The molecule has 0 saturated carbocycles. The molecule has 2 unspecified atom stereocenters. The molecule has 2 aliphatic rings. The Balaban J connectivity index is 0.00000225. The van der Waals surface area contributed by atoms with E-state index >= 15 is 0 Å². The molecular weight excluding hydrogens is 372 g/mol. The molecule has 0 spiro atoms. The quantitative estimate of drug-likeness (QED) is 0.766. The largest absolute Gasteiger partial charge is 0.493 e. The number of hydrogen-bond acceptors (Lipinski definition) is 4. The summed E-state index contributed by atoms with van der Waals surface area (Å²) in [5.74, 6) is 1.46. The summed E-state index contributed by atoms with van der Waals surface area (Å²) in [5, 5.41) is 3.50. The van der Waals surface area contributed by atoms with Crippen molar-refractivity contribution in [2.45, 2.75) is 31.4 Å². The SMILES string of the molecule is CN(CCC(c1ccc2c(c1)CCO2)C1CNCCO1)Cc1ccccc1.Cl. The summed E-state index contributed by atoms with van der Waals surface area (Å²) >= 11 is 0. The Bertz CT molecular complexity index is 735. The van der Waals surface area contributed by atoms with Gasteiger partial charge in [-0.05, 0) is 42.8 Å². The van der Waals surface area contributed by atoms with E-state index in [-0.39, 0.29) is 18.5 Å². The topological polar surface area (TPSA) is 33.7 Å². The summed E-state index contributed by atoms with van der Waals surface area (Å²) in [6, 6.07) is 17.4. The summed E-state index contributed by atoms with van der Waals surface area (Å²) in [5.41, 5.74) is 4.10. The average Bonchev–Trinajstić information content (AvgIpc) is 3.18. The molecule has 2 atom stereocenters. The second-order valence-electron chi connectivity index (χ2n) is 7.70. The standard InChI is InChI=1S/C23H30N2O2.ClH/c1-25(17-18-5-3-2-4-6-18)12-9-21(23-16-24-11-14-27-23)19-7-8-22-20(15-19)10-13-26-22;/h2-8,15,21,23-24H,9-14,16-17H2,1H3;1H. The lowest BCUT2D eigenvalue weighted by Crippen LogP contribution is -2.42. The molecule has 0 bridgehead atoms. The van der Waals surface area contributed by atoms with Crippen LogP contribution in [-0.2, 0) is 17.7 Å². The van der Waals surface area contributed by atoms with Gasteiger partial charge in [-0.2, -0.15) is 0 Å². The van der Waals surface area contributed by atoms with Crippen LogP contribution >= 0.6 is 12.4 Å². The smallest absolute Gasteiger partial charge is 0.122 e. The Labute approximate surface area is 174 Å². The summed E-state index contributed by atoms with van der Waals surface area (Å²) in [6.45, 7) is 5.53. The number of hydrogen-bond donors (Lipinski definition) is 1. The average molecular weight is 403 g/mol. The highest BCUT2D eigenvalue weighted by atomic mass is 35.5. The van der Waals surface area contributed by atoms with Crippen molar-refractivity contribution in [3.05, 3.63) is 65.2 Å². The Hall–Kier alpha value is -1.59. The number of halogens is 1. The number of morpholine rings is 1. The molecule has 28 heavy (non-hydrogen) atoms. The van der Waals surface area contributed by atoms with E-state index in [1.54, 1.807) is 0 Å². The van der Waals surface area contributed by atoms with Gasteiger partial charge in [-0.25, -0.2) is 0 Å². The Morgan fingerprint density at radius 1 is 1.14 bits per heavy atom. The van der Waals surface area contributed by atoms with E-state index in [1.165, 1.54) is 16.7 Å². The molecular formula is C23H31ClN2O2. The van der Waals surface area contributed by atoms with Gasteiger partial charge in [0, 0.05) is 32.0 Å². The molecule has 2 aromatic carbocycles. The lowest BCUT2D eigenvalue weighted by Gasteiger charge is -2.32. The summed E-state index contributed by atoms with van der Waals surface area (Å²) in [6.07, 6.45) is 2.35. The van der Waals surface area contributed by atoms with Crippen LogP contribution in [0.5, 0.6) is 5.75 Å². The third-order valence-corrected chi connectivity index (χ3v) is 5.66. The van der Waals surface area contributed by atoms with Crippen LogP contribution in [0.25, 0.3) is 0 Å². The van der Waals surface area contributed by atoms with Crippen LogP contribution in [0.1, 0.15) is 29.0 Å². The fourth-order valence-corrected chi connectivity index (χ4v) is 4.18. The second kappa shape index (κ2) is 10.3. The maximum absolute atomic E-state index is 6.15.